The molecule has 0 amide bonds. The van der Waals surface area contributed by atoms with Gasteiger partial charge in [-0.15, -0.1) is 0 Å². The highest BCUT2D eigenvalue weighted by molar-refractivity contribution is 5.79. The molecule has 0 rings (SSSR count). The SMILES string of the molecule is CCC(C)(N)C(=O)OCCC(C)(C)C. The van der Waals surface area contributed by atoms with E-state index in [4.69, 9.17) is 10.5 Å². The van der Waals surface area contributed by atoms with Crippen molar-refractivity contribution in [3.05, 3.63) is 0 Å². The number of ether oxygens (including phenoxy) is 1. The van der Waals surface area contributed by atoms with Crippen molar-refractivity contribution in [3.8, 4) is 0 Å². The van der Waals surface area contributed by atoms with Gasteiger partial charge in [-0.2, -0.15) is 0 Å². The molecule has 0 aliphatic heterocycles. The quantitative estimate of drug-likeness (QED) is 0.709. The maximum Gasteiger partial charge on any atom is 0.325 e. The Kier molecular flexibility index (Phi) is 4.59. The number of carbonyl (C=O) groups is 1. The van der Waals surface area contributed by atoms with Gasteiger partial charge in [0.05, 0.1) is 6.61 Å². The number of carbonyl (C=O) groups excluding carboxylic acids is 1. The van der Waals surface area contributed by atoms with Crippen molar-refractivity contribution >= 4 is 5.97 Å². The number of nitrogens with two attached hydrogens (primary N) is 1. The van der Waals surface area contributed by atoms with Crippen molar-refractivity contribution in [2.75, 3.05) is 6.61 Å². The van der Waals surface area contributed by atoms with Crippen LogP contribution in [0.3, 0.4) is 0 Å². The standard InChI is InChI=1S/C11H23NO2/c1-6-11(5,12)9(13)14-8-7-10(2,3)4/h6-8,12H2,1-5H3. The van der Waals surface area contributed by atoms with Gasteiger partial charge in [0.25, 0.3) is 0 Å². The van der Waals surface area contributed by atoms with Gasteiger partial charge in [0, 0.05) is 0 Å². The maximum absolute atomic E-state index is 11.4. The van der Waals surface area contributed by atoms with Gasteiger partial charge >= 0.3 is 5.97 Å². The van der Waals surface area contributed by atoms with E-state index in [1.54, 1.807) is 6.92 Å². The number of hydrogen-bond acceptors (Lipinski definition) is 3. The van der Waals surface area contributed by atoms with Gasteiger partial charge < -0.3 is 10.5 Å². The lowest BCUT2D eigenvalue weighted by Crippen LogP contribution is -2.45. The van der Waals surface area contributed by atoms with E-state index in [2.05, 4.69) is 20.8 Å². The zero-order valence-corrected chi connectivity index (χ0v) is 10.0. The van der Waals surface area contributed by atoms with Crippen molar-refractivity contribution in [2.24, 2.45) is 11.1 Å². The number of esters is 1. The fourth-order valence-corrected chi connectivity index (χ4v) is 0.759. The van der Waals surface area contributed by atoms with Gasteiger partial charge in [-0.05, 0) is 25.2 Å². The maximum atomic E-state index is 11.4. The Balaban J connectivity index is 3.87. The van der Waals surface area contributed by atoms with E-state index in [9.17, 15) is 4.79 Å². The third-order valence-corrected chi connectivity index (χ3v) is 2.29. The third-order valence-electron chi connectivity index (χ3n) is 2.29. The summed E-state index contributed by atoms with van der Waals surface area (Å²) in [5.41, 5.74) is 5.09. The molecule has 0 bridgehead atoms. The predicted octanol–water partition coefficient (Wildman–Crippen LogP) is 2.09. The molecular formula is C11H23NO2. The second-order valence-corrected chi connectivity index (χ2v) is 5.22. The molecule has 0 aromatic rings. The molecule has 0 aliphatic carbocycles. The molecule has 2 N–H and O–H groups in total. The van der Waals surface area contributed by atoms with Crippen LogP contribution >= 0.6 is 0 Å². The second-order valence-electron chi connectivity index (χ2n) is 5.22. The summed E-state index contributed by atoms with van der Waals surface area (Å²) in [6, 6.07) is 0. The molecule has 0 fully saturated rings. The van der Waals surface area contributed by atoms with E-state index in [1.165, 1.54) is 0 Å². The largest absolute Gasteiger partial charge is 0.464 e. The monoisotopic (exact) mass is 201 g/mol. The lowest BCUT2D eigenvalue weighted by molar-refractivity contribution is -0.150. The normalized spacial score (nSPS) is 16.1. The minimum absolute atomic E-state index is 0.192. The van der Waals surface area contributed by atoms with Crippen molar-refractivity contribution in [2.45, 2.75) is 53.0 Å². The van der Waals surface area contributed by atoms with Crippen LogP contribution in [0.25, 0.3) is 0 Å². The Morgan fingerprint density at radius 1 is 1.29 bits per heavy atom. The van der Waals surface area contributed by atoms with Crippen LogP contribution in [-0.4, -0.2) is 18.1 Å². The molecule has 1 unspecified atom stereocenters. The van der Waals surface area contributed by atoms with E-state index in [1.807, 2.05) is 6.92 Å². The van der Waals surface area contributed by atoms with Crippen LogP contribution < -0.4 is 5.73 Å². The van der Waals surface area contributed by atoms with E-state index in [0.717, 1.165) is 6.42 Å². The molecule has 0 heterocycles. The first-order valence-corrected chi connectivity index (χ1v) is 5.15. The Morgan fingerprint density at radius 2 is 1.79 bits per heavy atom. The van der Waals surface area contributed by atoms with Crippen molar-refractivity contribution in [3.63, 3.8) is 0 Å². The highest BCUT2D eigenvalue weighted by Gasteiger charge is 2.27. The van der Waals surface area contributed by atoms with Crippen LogP contribution in [0.1, 0.15) is 47.5 Å². The Bertz CT molecular complexity index is 192. The van der Waals surface area contributed by atoms with Crippen LogP contribution in [-0.2, 0) is 9.53 Å². The highest BCUT2D eigenvalue weighted by atomic mass is 16.5. The minimum Gasteiger partial charge on any atom is -0.464 e. The fraction of sp³-hybridized carbons (Fsp3) is 0.909. The molecule has 0 aromatic carbocycles. The number of rotatable bonds is 4. The fourth-order valence-electron chi connectivity index (χ4n) is 0.759. The zero-order valence-electron chi connectivity index (χ0n) is 10.0. The Morgan fingerprint density at radius 3 is 2.14 bits per heavy atom. The average molecular weight is 201 g/mol. The van der Waals surface area contributed by atoms with Gasteiger partial charge in [0.1, 0.15) is 5.54 Å². The first-order chi connectivity index (χ1) is 6.19. The van der Waals surface area contributed by atoms with Gasteiger partial charge in [-0.3, -0.25) is 4.79 Å². The molecule has 0 radical (unpaired) electrons. The summed E-state index contributed by atoms with van der Waals surface area (Å²) in [5.74, 6) is -0.302. The number of hydrogen-bond donors (Lipinski definition) is 1. The highest BCUT2D eigenvalue weighted by Crippen LogP contribution is 2.18. The lowest BCUT2D eigenvalue weighted by atomic mass is 9.93. The molecule has 14 heavy (non-hydrogen) atoms. The van der Waals surface area contributed by atoms with E-state index in [0.29, 0.717) is 13.0 Å². The molecule has 3 nitrogen and oxygen atoms in total. The molecule has 0 spiro atoms. The van der Waals surface area contributed by atoms with Gasteiger partial charge in [-0.1, -0.05) is 27.7 Å². The lowest BCUT2D eigenvalue weighted by Gasteiger charge is -2.22. The summed E-state index contributed by atoms with van der Waals surface area (Å²) < 4.78 is 5.11. The summed E-state index contributed by atoms with van der Waals surface area (Å²) in [4.78, 5) is 11.4. The van der Waals surface area contributed by atoms with Crippen LogP contribution in [0.15, 0.2) is 0 Å². The molecule has 0 saturated heterocycles. The Hall–Kier alpha value is -0.570. The minimum atomic E-state index is -0.835. The molecule has 0 saturated carbocycles. The van der Waals surface area contributed by atoms with Gasteiger partial charge in [0.2, 0.25) is 0 Å². The molecule has 3 heteroatoms. The predicted molar refractivity (Wildman–Crippen MR) is 57.9 cm³/mol. The average Bonchev–Trinajstić information content (AvgIpc) is 2.02. The summed E-state index contributed by atoms with van der Waals surface area (Å²) in [7, 11) is 0. The first kappa shape index (κ1) is 13.4. The molecule has 1 atom stereocenters. The van der Waals surface area contributed by atoms with Crippen LogP contribution in [0.4, 0.5) is 0 Å². The smallest absolute Gasteiger partial charge is 0.325 e. The summed E-state index contributed by atoms with van der Waals surface area (Å²) >= 11 is 0. The van der Waals surface area contributed by atoms with Crippen LogP contribution in [0.5, 0.6) is 0 Å². The molecule has 0 aliphatic rings. The van der Waals surface area contributed by atoms with E-state index >= 15 is 0 Å². The van der Waals surface area contributed by atoms with Crippen molar-refractivity contribution in [1.82, 2.24) is 0 Å². The molecule has 0 aromatic heterocycles. The first-order valence-electron chi connectivity index (χ1n) is 5.15. The van der Waals surface area contributed by atoms with Crippen molar-refractivity contribution < 1.29 is 9.53 Å². The third kappa shape index (κ3) is 5.22. The summed E-state index contributed by atoms with van der Waals surface area (Å²) in [6.45, 7) is 10.4. The van der Waals surface area contributed by atoms with Crippen LogP contribution in [0, 0.1) is 5.41 Å². The zero-order chi connectivity index (χ0) is 11.4. The van der Waals surface area contributed by atoms with Gasteiger partial charge in [-0.25, -0.2) is 0 Å². The summed E-state index contributed by atoms with van der Waals surface area (Å²) in [5, 5.41) is 0. The van der Waals surface area contributed by atoms with Crippen molar-refractivity contribution in [1.29, 1.82) is 0 Å². The van der Waals surface area contributed by atoms with E-state index < -0.39 is 5.54 Å². The molecular weight excluding hydrogens is 178 g/mol. The molecule has 84 valence electrons. The second kappa shape index (κ2) is 4.78. The Labute approximate surface area is 87.0 Å². The van der Waals surface area contributed by atoms with E-state index in [-0.39, 0.29) is 11.4 Å². The summed E-state index contributed by atoms with van der Waals surface area (Å²) in [6.07, 6.45) is 1.46. The van der Waals surface area contributed by atoms with Crippen LogP contribution in [0.2, 0.25) is 0 Å². The van der Waals surface area contributed by atoms with Gasteiger partial charge in [0.15, 0.2) is 0 Å². The topological polar surface area (TPSA) is 52.3 Å².